The molecule has 1 rings (SSSR count). The van der Waals surface area contributed by atoms with Crippen LogP contribution in [0.3, 0.4) is 0 Å². The lowest BCUT2D eigenvalue weighted by Crippen LogP contribution is -2.13. The van der Waals surface area contributed by atoms with Crippen molar-refractivity contribution in [2.45, 2.75) is 11.1 Å². The zero-order valence-electron chi connectivity index (χ0n) is 7.97. The molecule has 3 nitrogen and oxygen atoms in total. The molecule has 0 unspecified atom stereocenters. The third-order valence-corrected chi connectivity index (χ3v) is 3.27. The monoisotopic (exact) mass is 273 g/mol. The van der Waals surface area contributed by atoms with E-state index in [1.165, 1.54) is 0 Å². The average molecular weight is 274 g/mol. The van der Waals surface area contributed by atoms with E-state index in [0.29, 0.717) is 18.4 Å². The highest BCUT2D eigenvalue weighted by Gasteiger charge is 2.36. The first-order valence-corrected chi connectivity index (χ1v) is 6.16. The van der Waals surface area contributed by atoms with Crippen LogP contribution < -0.4 is 5.73 Å². The fourth-order valence-electron chi connectivity index (χ4n) is 1.10. The van der Waals surface area contributed by atoms with Crippen molar-refractivity contribution in [1.82, 2.24) is 0 Å². The van der Waals surface area contributed by atoms with Crippen molar-refractivity contribution in [3.8, 4) is 0 Å². The van der Waals surface area contributed by atoms with E-state index in [1.807, 2.05) is 0 Å². The summed E-state index contributed by atoms with van der Waals surface area (Å²) in [4.78, 5) is -0.876. The Morgan fingerprint density at radius 3 is 2.19 bits per heavy atom. The molecule has 0 aromatic heterocycles. The lowest BCUT2D eigenvalue weighted by atomic mass is 10.2. The zero-order valence-corrected chi connectivity index (χ0v) is 9.54. The van der Waals surface area contributed by atoms with Crippen LogP contribution in [0, 0.1) is 0 Å². The van der Waals surface area contributed by atoms with Crippen LogP contribution >= 0.6 is 11.6 Å². The highest BCUT2D eigenvalue weighted by Crippen LogP contribution is 2.37. The van der Waals surface area contributed by atoms with Gasteiger partial charge in [-0.25, -0.2) is 8.42 Å². The second-order valence-electron chi connectivity index (χ2n) is 3.14. The van der Waals surface area contributed by atoms with Crippen molar-refractivity contribution in [1.29, 1.82) is 0 Å². The molecule has 0 amide bonds. The third-order valence-electron chi connectivity index (χ3n) is 1.80. The number of sulfone groups is 1. The van der Waals surface area contributed by atoms with Crippen LogP contribution in [0.25, 0.3) is 0 Å². The largest absolute Gasteiger partial charge is 0.417 e. The number of nitrogen functional groups attached to an aromatic ring is 1. The van der Waals surface area contributed by atoms with Gasteiger partial charge in [0.2, 0.25) is 0 Å². The Bertz CT molecular complexity index is 525. The van der Waals surface area contributed by atoms with E-state index in [-0.39, 0.29) is 10.7 Å². The van der Waals surface area contributed by atoms with Gasteiger partial charge in [0.05, 0.1) is 21.2 Å². The predicted octanol–water partition coefficient (Wildman–Crippen LogP) is 2.34. The van der Waals surface area contributed by atoms with Gasteiger partial charge >= 0.3 is 6.18 Å². The molecule has 0 heterocycles. The number of rotatable bonds is 1. The molecule has 2 N–H and O–H groups in total. The van der Waals surface area contributed by atoms with Crippen LogP contribution in [0.4, 0.5) is 18.9 Å². The Kier molecular flexibility index (Phi) is 3.13. The van der Waals surface area contributed by atoms with E-state index >= 15 is 0 Å². The molecule has 0 atom stereocenters. The fraction of sp³-hybridized carbons (Fsp3) is 0.250. The van der Waals surface area contributed by atoms with Crippen LogP contribution in [-0.4, -0.2) is 14.7 Å². The Morgan fingerprint density at radius 2 is 1.81 bits per heavy atom. The second kappa shape index (κ2) is 3.81. The lowest BCUT2D eigenvalue weighted by molar-refractivity contribution is -0.139. The van der Waals surface area contributed by atoms with Crippen molar-refractivity contribution in [2.75, 3.05) is 12.0 Å². The van der Waals surface area contributed by atoms with Gasteiger partial charge in [-0.1, -0.05) is 11.6 Å². The van der Waals surface area contributed by atoms with Crippen molar-refractivity contribution < 1.29 is 21.6 Å². The van der Waals surface area contributed by atoms with Crippen molar-refractivity contribution in [3.05, 3.63) is 22.7 Å². The Morgan fingerprint density at radius 1 is 1.31 bits per heavy atom. The SMILES string of the molecule is CS(=O)(=O)c1cc(Cl)c(N)cc1C(F)(F)F. The van der Waals surface area contributed by atoms with E-state index in [0.717, 1.165) is 0 Å². The number of nitrogens with two attached hydrogens (primary N) is 1. The smallest absolute Gasteiger partial charge is 0.398 e. The summed E-state index contributed by atoms with van der Waals surface area (Å²) < 4.78 is 59.9. The van der Waals surface area contributed by atoms with Crippen LogP contribution in [0.2, 0.25) is 5.02 Å². The normalized spacial score (nSPS) is 12.8. The molecular weight excluding hydrogens is 267 g/mol. The van der Waals surface area contributed by atoms with Crippen molar-refractivity contribution in [3.63, 3.8) is 0 Å². The van der Waals surface area contributed by atoms with Gasteiger partial charge in [0.25, 0.3) is 0 Å². The molecule has 0 fully saturated rings. The quantitative estimate of drug-likeness (QED) is 0.799. The molecule has 1 aromatic rings. The van der Waals surface area contributed by atoms with E-state index in [9.17, 15) is 21.6 Å². The second-order valence-corrected chi connectivity index (χ2v) is 5.53. The summed E-state index contributed by atoms with van der Waals surface area (Å²) in [6, 6.07) is 1.22. The van der Waals surface area contributed by atoms with Gasteiger partial charge in [-0.05, 0) is 12.1 Å². The van der Waals surface area contributed by atoms with Gasteiger partial charge in [-0.2, -0.15) is 13.2 Å². The molecule has 1 aromatic carbocycles. The number of hydrogen-bond acceptors (Lipinski definition) is 3. The van der Waals surface area contributed by atoms with Gasteiger partial charge in [-0.15, -0.1) is 0 Å². The van der Waals surface area contributed by atoms with Crippen molar-refractivity contribution >= 4 is 27.1 Å². The molecule has 0 aliphatic heterocycles. The summed E-state index contributed by atoms with van der Waals surface area (Å²) in [7, 11) is -4.02. The molecule has 0 aliphatic carbocycles. The molecular formula is C8H7ClF3NO2S. The topological polar surface area (TPSA) is 60.2 Å². The highest BCUT2D eigenvalue weighted by molar-refractivity contribution is 7.90. The molecule has 0 saturated carbocycles. The first kappa shape index (κ1) is 13.1. The zero-order chi connectivity index (χ0) is 12.7. The van der Waals surface area contributed by atoms with Crippen molar-refractivity contribution in [2.24, 2.45) is 0 Å². The number of anilines is 1. The summed E-state index contributed by atoms with van der Waals surface area (Å²) >= 11 is 5.49. The predicted molar refractivity (Wildman–Crippen MR) is 54.0 cm³/mol. The molecule has 0 aliphatic rings. The van der Waals surface area contributed by atoms with E-state index in [4.69, 9.17) is 17.3 Å². The number of alkyl halides is 3. The maximum absolute atomic E-state index is 12.5. The third kappa shape index (κ3) is 2.59. The first-order chi connectivity index (χ1) is 7.03. The van der Waals surface area contributed by atoms with E-state index in [1.54, 1.807) is 0 Å². The molecule has 0 bridgehead atoms. The maximum atomic E-state index is 12.5. The maximum Gasteiger partial charge on any atom is 0.417 e. The Hall–Kier alpha value is -0.950. The minimum Gasteiger partial charge on any atom is -0.398 e. The van der Waals surface area contributed by atoms with E-state index < -0.39 is 26.5 Å². The Labute approximate surface area is 94.9 Å². The number of hydrogen-bond donors (Lipinski definition) is 1. The lowest BCUT2D eigenvalue weighted by Gasteiger charge is -2.13. The van der Waals surface area contributed by atoms with Crippen LogP contribution in [-0.2, 0) is 16.0 Å². The first-order valence-electron chi connectivity index (χ1n) is 3.90. The minimum atomic E-state index is -4.79. The van der Waals surface area contributed by atoms with E-state index in [2.05, 4.69) is 0 Å². The number of benzene rings is 1. The van der Waals surface area contributed by atoms with Crippen LogP contribution in [0.1, 0.15) is 5.56 Å². The standard InChI is InChI=1S/C8H7ClF3NO2S/c1-16(14,15)7-3-5(9)6(13)2-4(7)8(10,11)12/h2-3H,13H2,1H3. The molecule has 8 heteroatoms. The van der Waals surface area contributed by atoms with Gasteiger partial charge < -0.3 is 5.73 Å². The Balaban J connectivity index is 3.66. The molecule has 90 valence electrons. The summed E-state index contributed by atoms with van der Waals surface area (Å²) in [5, 5.41) is -0.228. The summed E-state index contributed by atoms with van der Waals surface area (Å²) in [5.41, 5.74) is 3.58. The number of halogens is 4. The van der Waals surface area contributed by atoms with Gasteiger partial charge in [0.15, 0.2) is 9.84 Å². The molecule has 0 radical (unpaired) electrons. The van der Waals surface area contributed by atoms with Crippen LogP contribution in [0.5, 0.6) is 0 Å². The summed E-state index contributed by atoms with van der Waals surface area (Å²) in [6.45, 7) is 0. The van der Waals surface area contributed by atoms with Gasteiger partial charge in [0, 0.05) is 6.26 Å². The summed E-state index contributed by atoms with van der Waals surface area (Å²) in [5.74, 6) is 0. The van der Waals surface area contributed by atoms with Gasteiger partial charge in [0.1, 0.15) is 0 Å². The van der Waals surface area contributed by atoms with Gasteiger partial charge in [-0.3, -0.25) is 0 Å². The molecule has 16 heavy (non-hydrogen) atoms. The summed E-state index contributed by atoms with van der Waals surface area (Å²) in [6.07, 6.45) is -4.12. The highest BCUT2D eigenvalue weighted by atomic mass is 35.5. The molecule has 0 saturated heterocycles. The molecule has 0 spiro atoms. The van der Waals surface area contributed by atoms with Crippen LogP contribution in [0.15, 0.2) is 17.0 Å². The average Bonchev–Trinajstić information content (AvgIpc) is 2.05. The fourth-order valence-corrected chi connectivity index (χ4v) is 2.23. The minimum absolute atomic E-state index is 0.228.